The number of ether oxygens (including phenoxy) is 1. The van der Waals surface area contributed by atoms with Crippen LogP contribution < -0.4 is 0 Å². The third-order valence-electron chi connectivity index (χ3n) is 2.69. The Morgan fingerprint density at radius 1 is 1.45 bits per heavy atom. The molecule has 0 aliphatic heterocycles. The van der Waals surface area contributed by atoms with Crippen LogP contribution in [-0.4, -0.2) is 44.6 Å². The summed E-state index contributed by atoms with van der Waals surface area (Å²) in [7, 11) is -2.61. The van der Waals surface area contributed by atoms with Crippen LogP contribution in [0.3, 0.4) is 0 Å². The second-order valence-electron chi connectivity index (χ2n) is 4.06. The fourth-order valence-electron chi connectivity index (χ4n) is 1.55. The summed E-state index contributed by atoms with van der Waals surface area (Å²) in [6, 6.07) is 2.52. The maximum atomic E-state index is 14.1. The number of hydrogen-bond acceptors (Lipinski definition) is 4. The quantitative estimate of drug-likeness (QED) is 0.743. The van der Waals surface area contributed by atoms with Gasteiger partial charge >= 0.3 is 0 Å². The minimum atomic E-state index is -3.97. The second-order valence-corrected chi connectivity index (χ2v) is 6.99. The van der Waals surface area contributed by atoms with Gasteiger partial charge < -0.3 is 9.84 Å². The van der Waals surface area contributed by atoms with E-state index in [1.54, 1.807) is 6.92 Å². The fourth-order valence-corrected chi connectivity index (χ4v) is 3.49. The highest BCUT2D eigenvalue weighted by Crippen LogP contribution is 2.26. The number of likely N-dealkylation sites (N-methyl/N-ethyl adjacent to an activating group) is 1. The molecule has 1 aromatic carbocycles. The summed E-state index contributed by atoms with van der Waals surface area (Å²) in [5.41, 5.74) is -0.0730. The summed E-state index contributed by atoms with van der Waals surface area (Å²) < 4.78 is 45.2. The molecule has 114 valence electrons. The molecule has 20 heavy (non-hydrogen) atoms. The molecule has 1 aromatic rings. The molecule has 0 heterocycles. The highest BCUT2D eigenvalue weighted by Gasteiger charge is 2.26. The molecule has 0 saturated heterocycles. The van der Waals surface area contributed by atoms with Crippen LogP contribution in [-0.2, 0) is 21.4 Å². The molecule has 0 bridgehead atoms. The maximum absolute atomic E-state index is 14.1. The Morgan fingerprint density at radius 2 is 2.10 bits per heavy atom. The molecule has 0 aliphatic carbocycles. The first kappa shape index (κ1) is 17.5. The predicted octanol–water partition coefficient (Wildman–Crippen LogP) is 1.74. The van der Waals surface area contributed by atoms with E-state index in [4.69, 9.17) is 9.84 Å². The molecule has 0 aromatic heterocycles. The first-order valence-corrected chi connectivity index (χ1v) is 8.20. The molecular formula is C12H17BrFNO4S. The van der Waals surface area contributed by atoms with Gasteiger partial charge in [-0.2, -0.15) is 4.31 Å². The van der Waals surface area contributed by atoms with Crippen molar-refractivity contribution >= 4 is 26.0 Å². The van der Waals surface area contributed by atoms with Gasteiger partial charge in [-0.05, 0) is 19.1 Å². The Balaban J connectivity index is 3.12. The van der Waals surface area contributed by atoms with Crippen molar-refractivity contribution in [3.8, 4) is 0 Å². The minimum absolute atomic E-state index is 0.0730. The van der Waals surface area contributed by atoms with Crippen molar-refractivity contribution in [2.24, 2.45) is 0 Å². The Labute approximate surface area is 126 Å². The topological polar surface area (TPSA) is 66.8 Å². The van der Waals surface area contributed by atoms with Gasteiger partial charge in [-0.1, -0.05) is 15.9 Å². The van der Waals surface area contributed by atoms with E-state index in [2.05, 4.69) is 15.9 Å². The molecule has 0 fully saturated rings. The number of nitrogens with zero attached hydrogens (tertiary/aromatic N) is 1. The maximum Gasteiger partial charge on any atom is 0.245 e. The van der Waals surface area contributed by atoms with E-state index in [1.807, 2.05) is 0 Å². The standard InChI is InChI=1S/C12H17BrFNO4S/c1-3-19-5-4-15(2)20(17,18)11-7-10(13)6-9(8-16)12(11)14/h6-7,16H,3-5,8H2,1-2H3. The van der Waals surface area contributed by atoms with Crippen molar-refractivity contribution in [1.29, 1.82) is 0 Å². The summed E-state index contributed by atoms with van der Waals surface area (Å²) in [5.74, 6) is -0.932. The Hall–Kier alpha value is -0.540. The molecule has 0 aliphatic rings. The number of benzene rings is 1. The Bertz CT molecular complexity index is 565. The van der Waals surface area contributed by atoms with Crippen LogP contribution in [0.25, 0.3) is 0 Å². The van der Waals surface area contributed by atoms with Crippen LogP contribution in [0.15, 0.2) is 21.5 Å². The first-order chi connectivity index (χ1) is 9.34. The normalized spacial score (nSPS) is 12.1. The highest BCUT2D eigenvalue weighted by molar-refractivity contribution is 9.10. The van der Waals surface area contributed by atoms with E-state index in [0.717, 1.165) is 4.31 Å². The lowest BCUT2D eigenvalue weighted by atomic mass is 10.2. The van der Waals surface area contributed by atoms with Gasteiger partial charge in [0.05, 0.1) is 13.2 Å². The zero-order chi connectivity index (χ0) is 15.3. The smallest absolute Gasteiger partial charge is 0.245 e. The molecule has 0 unspecified atom stereocenters. The summed E-state index contributed by atoms with van der Waals surface area (Å²) in [5, 5.41) is 9.06. The van der Waals surface area contributed by atoms with E-state index in [9.17, 15) is 12.8 Å². The lowest BCUT2D eigenvalue weighted by molar-refractivity contribution is 0.138. The Kier molecular flexibility index (Phi) is 6.53. The number of hydrogen-bond donors (Lipinski definition) is 1. The van der Waals surface area contributed by atoms with E-state index in [-0.39, 0.29) is 18.7 Å². The van der Waals surface area contributed by atoms with Crippen molar-refractivity contribution in [1.82, 2.24) is 4.31 Å². The number of halogens is 2. The molecule has 0 saturated carbocycles. The molecule has 5 nitrogen and oxygen atoms in total. The van der Waals surface area contributed by atoms with E-state index < -0.39 is 27.3 Å². The van der Waals surface area contributed by atoms with E-state index >= 15 is 0 Å². The van der Waals surface area contributed by atoms with Crippen LogP contribution in [0, 0.1) is 5.82 Å². The van der Waals surface area contributed by atoms with Crippen molar-refractivity contribution in [3.63, 3.8) is 0 Å². The van der Waals surface area contributed by atoms with Gasteiger partial charge in [0, 0.05) is 30.2 Å². The van der Waals surface area contributed by atoms with Gasteiger partial charge in [0.2, 0.25) is 10.0 Å². The molecule has 1 rings (SSSR count). The molecular weight excluding hydrogens is 353 g/mol. The summed E-state index contributed by atoms with van der Waals surface area (Å²) in [6.07, 6.45) is 0. The molecule has 1 N–H and O–H groups in total. The number of aliphatic hydroxyl groups excluding tert-OH is 1. The van der Waals surface area contributed by atoms with Crippen molar-refractivity contribution < 1.29 is 22.7 Å². The first-order valence-electron chi connectivity index (χ1n) is 5.97. The average Bonchev–Trinajstić information content (AvgIpc) is 2.40. The van der Waals surface area contributed by atoms with Crippen LogP contribution in [0.1, 0.15) is 12.5 Å². The minimum Gasteiger partial charge on any atom is -0.392 e. The van der Waals surface area contributed by atoms with Crippen LogP contribution in [0.4, 0.5) is 4.39 Å². The lowest BCUT2D eigenvalue weighted by Crippen LogP contribution is -2.31. The highest BCUT2D eigenvalue weighted by atomic mass is 79.9. The van der Waals surface area contributed by atoms with Gasteiger partial charge in [-0.3, -0.25) is 0 Å². The number of aliphatic hydroxyl groups is 1. The molecule has 8 heteroatoms. The van der Waals surface area contributed by atoms with Gasteiger partial charge in [-0.15, -0.1) is 0 Å². The van der Waals surface area contributed by atoms with Gasteiger partial charge in [-0.25, -0.2) is 12.8 Å². The largest absolute Gasteiger partial charge is 0.392 e. The molecule has 0 amide bonds. The number of sulfonamides is 1. The third-order valence-corrected chi connectivity index (χ3v) is 5.01. The SMILES string of the molecule is CCOCCN(C)S(=O)(=O)c1cc(Br)cc(CO)c1F. The molecule has 0 radical (unpaired) electrons. The van der Waals surface area contributed by atoms with E-state index in [0.29, 0.717) is 11.1 Å². The van der Waals surface area contributed by atoms with Gasteiger partial charge in [0.15, 0.2) is 0 Å². The fraction of sp³-hybridized carbons (Fsp3) is 0.500. The number of rotatable bonds is 7. The van der Waals surface area contributed by atoms with Gasteiger partial charge in [0.25, 0.3) is 0 Å². The van der Waals surface area contributed by atoms with Crippen molar-refractivity contribution in [2.45, 2.75) is 18.4 Å². The lowest BCUT2D eigenvalue weighted by Gasteiger charge is -2.18. The average molecular weight is 370 g/mol. The molecule has 0 spiro atoms. The summed E-state index contributed by atoms with van der Waals surface area (Å²) >= 11 is 3.11. The Morgan fingerprint density at radius 3 is 2.65 bits per heavy atom. The zero-order valence-corrected chi connectivity index (χ0v) is 13.7. The molecule has 0 atom stereocenters. The zero-order valence-electron chi connectivity index (χ0n) is 11.3. The van der Waals surface area contributed by atoms with E-state index in [1.165, 1.54) is 19.2 Å². The summed E-state index contributed by atoms with van der Waals surface area (Å²) in [4.78, 5) is -0.463. The monoisotopic (exact) mass is 369 g/mol. The van der Waals surface area contributed by atoms with Crippen molar-refractivity contribution in [2.75, 3.05) is 26.8 Å². The summed E-state index contributed by atoms with van der Waals surface area (Å²) in [6.45, 7) is 2.06. The van der Waals surface area contributed by atoms with Gasteiger partial charge in [0.1, 0.15) is 10.7 Å². The van der Waals surface area contributed by atoms with Crippen LogP contribution in [0.5, 0.6) is 0 Å². The third kappa shape index (κ3) is 3.98. The van der Waals surface area contributed by atoms with Crippen LogP contribution in [0.2, 0.25) is 0 Å². The predicted molar refractivity (Wildman–Crippen MR) is 76.3 cm³/mol. The van der Waals surface area contributed by atoms with Crippen molar-refractivity contribution in [3.05, 3.63) is 28.0 Å². The van der Waals surface area contributed by atoms with Crippen LogP contribution >= 0.6 is 15.9 Å². The second kappa shape index (κ2) is 7.46.